The van der Waals surface area contributed by atoms with Crippen LogP contribution in [0.15, 0.2) is 47.4 Å². The predicted octanol–water partition coefficient (Wildman–Crippen LogP) is 3.45. The largest absolute Gasteiger partial charge is 0.493 e. The monoisotopic (exact) mass is 418 g/mol. The maximum Gasteiger partial charge on any atom is 0.238 e. The van der Waals surface area contributed by atoms with Crippen LogP contribution in [0.2, 0.25) is 0 Å². The maximum absolute atomic E-state index is 12.6. The average Bonchev–Trinajstić information content (AvgIpc) is 2.65. The molecule has 1 amide bonds. The van der Waals surface area contributed by atoms with Gasteiger partial charge in [-0.1, -0.05) is 38.1 Å². The standard InChI is InChI=1S/C22H30N2O4S/c1-16-6-7-17(2)20(14-16)28-13-5-12-22(3,4)21(25)24-15-18-8-10-19(11-9-18)29(23,26)27/h6-11,14H,5,12-13,15H2,1-4H3,(H,24,25)(H2,23,26,27). The highest BCUT2D eigenvalue weighted by molar-refractivity contribution is 7.89. The van der Waals surface area contributed by atoms with Gasteiger partial charge in [0.25, 0.3) is 0 Å². The Balaban J connectivity index is 1.81. The second-order valence-electron chi connectivity index (χ2n) is 7.98. The van der Waals surface area contributed by atoms with Gasteiger partial charge in [-0.15, -0.1) is 0 Å². The first-order valence-electron chi connectivity index (χ1n) is 9.59. The molecule has 2 aromatic carbocycles. The molecular weight excluding hydrogens is 388 g/mol. The Hall–Kier alpha value is -2.38. The fourth-order valence-corrected chi connectivity index (χ4v) is 3.41. The number of carbonyl (C=O) groups excluding carboxylic acids is 1. The van der Waals surface area contributed by atoms with Gasteiger partial charge in [0.2, 0.25) is 15.9 Å². The first-order chi connectivity index (χ1) is 13.5. The molecule has 0 heterocycles. The Morgan fingerprint density at radius 1 is 1.10 bits per heavy atom. The van der Waals surface area contributed by atoms with Crippen molar-refractivity contribution in [2.45, 2.75) is 52.0 Å². The number of primary sulfonamides is 1. The molecule has 2 aromatic rings. The third-order valence-corrected chi connectivity index (χ3v) is 5.80. The highest BCUT2D eigenvalue weighted by atomic mass is 32.2. The minimum Gasteiger partial charge on any atom is -0.493 e. The van der Waals surface area contributed by atoms with Crippen LogP contribution in [0.5, 0.6) is 5.75 Å². The summed E-state index contributed by atoms with van der Waals surface area (Å²) in [4.78, 5) is 12.6. The number of benzene rings is 2. The molecule has 0 saturated carbocycles. The summed E-state index contributed by atoms with van der Waals surface area (Å²) in [6.07, 6.45) is 1.45. The summed E-state index contributed by atoms with van der Waals surface area (Å²) in [5.74, 6) is 0.829. The third-order valence-electron chi connectivity index (χ3n) is 4.87. The van der Waals surface area contributed by atoms with Crippen LogP contribution in [0.3, 0.4) is 0 Å². The van der Waals surface area contributed by atoms with Gasteiger partial charge in [-0.2, -0.15) is 0 Å². The summed E-state index contributed by atoms with van der Waals surface area (Å²) in [5, 5.41) is 8.00. The zero-order valence-corrected chi connectivity index (χ0v) is 18.3. The van der Waals surface area contributed by atoms with Crippen LogP contribution in [0.1, 0.15) is 43.4 Å². The number of carbonyl (C=O) groups is 1. The molecule has 0 radical (unpaired) electrons. The van der Waals surface area contributed by atoms with Crippen LogP contribution in [0.4, 0.5) is 0 Å². The second-order valence-corrected chi connectivity index (χ2v) is 9.54. The van der Waals surface area contributed by atoms with Crippen molar-refractivity contribution in [2.24, 2.45) is 10.6 Å². The molecule has 0 aliphatic rings. The SMILES string of the molecule is Cc1ccc(C)c(OCCCC(C)(C)C(=O)NCc2ccc(S(N)(=O)=O)cc2)c1. The van der Waals surface area contributed by atoms with Crippen molar-refractivity contribution in [3.05, 3.63) is 59.2 Å². The minimum atomic E-state index is -3.71. The van der Waals surface area contributed by atoms with Crippen LogP contribution in [-0.2, 0) is 21.4 Å². The van der Waals surface area contributed by atoms with Crippen molar-refractivity contribution < 1.29 is 17.9 Å². The van der Waals surface area contributed by atoms with Gasteiger partial charge >= 0.3 is 0 Å². The normalized spacial score (nSPS) is 11.9. The molecule has 6 nitrogen and oxygen atoms in total. The number of nitrogens with two attached hydrogens (primary N) is 1. The van der Waals surface area contributed by atoms with E-state index in [9.17, 15) is 13.2 Å². The number of aryl methyl sites for hydroxylation is 2. The highest BCUT2D eigenvalue weighted by Crippen LogP contribution is 2.24. The molecule has 0 bridgehead atoms. The Bertz CT molecular complexity index is 951. The van der Waals surface area contributed by atoms with Gasteiger partial charge in [-0.05, 0) is 61.6 Å². The summed E-state index contributed by atoms with van der Waals surface area (Å²) in [5.41, 5.74) is 2.52. The fraction of sp³-hybridized carbons (Fsp3) is 0.409. The summed E-state index contributed by atoms with van der Waals surface area (Å²) in [7, 11) is -3.71. The van der Waals surface area contributed by atoms with E-state index in [4.69, 9.17) is 9.88 Å². The lowest BCUT2D eigenvalue weighted by atomic mass is 9.87. The van der Waals surface area contributed by atoms with Gasteiger partial charge < -0.3 is 10.1 Å². The van der Waals surface area contributed by atoms with E-state index >= 15 is 0 Å². The molecule has 29 heavy (non-hydrogen) atoms. The van der Waals surface area contributed by atoms with Crippen molar-refractivity contribution in [1.82, 2.24) is 5.32 Å². The molecule has 0 atom stereocenters. The second kappa shape index (κ2) is 9.41. The molecule has 0 aliphatic heterocycles. The van der Waals surface area contributed by atoms with Gasteiger partial charge in [0.05, 0.1) is 11.5 Å². The van der Waals surface area contributed by atoms with Crippen molar-refractivity contribution in [3.8, 4) is 5.75 Å². The number of nitrogens with one attached hydrogen (secondary N) is 1. The Labute approximate surface area is 173 Å². The highest BCUT2D eigenvalue weighted by Gasteiger charge is 2.26. The summed E-state index contributed by atoms with van der Waals surface area (Å²) in [6, 6.07) is 12.3. The molecule has 0 spiro atoms. The summed E-state index contributed by atoms with van der Waals surface area (Å²) < 4.78 is 28.5. The Morgan fingerprint density at radius 2 is 1.76 bits per heavy atom. The molecule has 0 saturated heterocycles. The zero-order valence-electron chi connectivity index (χ0n) is 17.5. The number of amides is 1. The van der Waals surface area contributed by atoms with E-state index in [1.807, 2.05) is 39.8 Å². The van der Waals surface area contributed by atoms with E-state index in [0.717, 1.165) is 28.9 Å². The lowest BCUT2D eigenvalue weighted by molar-refractivity contribution is -0.130. The molecule has 0 aliphatic carbocycles. The van der Waals surface area contributed by atoms with E-state index in [-0.39, 0.29) is 10.8 Å². The number of hydrogen-bond donors (Lipinski definition) is 2. The summed E-state index contributed by atoms with van der Waals surface area (Å²) >= 11 is 0. The van der Waals surface area contributed by atoms with E-state index < -0.39 is 15.4 Å². The van der Waals surface area contributed by atoms with E-state index in [1.54, 1.807) is 12.1 Å². The minimum absolute atomic E-state index is 0.0525. The van der Waals surface area contributed by atoms with E-state index in [2.05, 4.69) is 11.4 Å². The van der Waals surface area contributed by atoms with Crippen LogP contribution < -0.4 is 15.2 Å². The quantitative estimate of drug-likeness (QED) is 0.609. The van der Waals surface area contributed by atoms with Crippen molar-refractivity contribution in [1.29, 1.82) is 0 Å². The molecule has 3 N–H and O–H groups in total. The molecular formula is C22H30N2O4S. The van der Waals surface area contributed by atoms with E-state index in [1.165, 1.54) is 12.1 Å². The third kappa shape index (κ3) is 6.87. The first-order valence-corrected chi connectivity index (χ1v) is 11.1. The van der Waals surface area contributed by atoms with Crippen LogP contribution in [0.25, 0.3) is 0 Å². The topological polar surface area (TPSA) is 98.5 Å². The van der Waals surface area contributed by atoms with Crippen molar-refractivity contribution in [3.63, 3.8) is 0 Å². The van der Waals surface area contributed by atoms with Gasteiger partial charge in [0.15, 0.2) is 0 Å². The maximum atomic E-state index is 12.6. The molecule has 158 valence electrons. The zero-order chi connectivity index (χ0) is 21.7. The van der Waals surface area contributed by atoms with Gasteiger partial charge in [-0.3, -0.25) is 4.79 Å². The van der Waals surface area contributed by atoms with Crippen LogP contribution >= 0.6 is 0 Å². The predicted molar refractivity (Wildman–Crippen MR) is 114 cm³/mol. The van der Waals surface area contributed by atoms with Crippen LogP contribution in [0, 0.1) is 19.3 Å². The van der Waals surface area contributed by atoms with Crippen molar-refractivity contribution in [2.75, 3.05) is 6.61 Å². The lowest BCUT2D eigenvalue weighted by Gasteiger charge is -2.23. The lowest BCUT2D eigenvalue weighted by Crippen LogP contribution is -2.36. The molecule has 0 fully saturated rings. The van der Waals surface area contributed by atoms with E-state index in [0.29, 0.717) is 19.6 Å². The van der Waals surface area contributed by atoms with Gasteiger partial charge in [0.1, 0.15) is 5.75 Å². The molecule has 0 unspecified atom stereocenters. The number of sulfonamides is 1. The van der Waals surface area contributed by atoms with Crippen molar-refractivity contribution >= 4 is 15.9 Å². The van der Waals surface area contributed by atoms with Gasteiger partial charge in [0, 0.05) is 12.0 Å². The first kappa shape index (κ1) is 22.9. The molecule has 7 heteroatoms. The Morgan fingerprint density at radius 3 is 2.38 bits per heavy atom. The number of rotatable bonds is 9. The molecule has 0 aromatic heterocycles. The van der Waals surface area contributed by atoms with Crippen LogP contribution in [-0.4, -0.2) is 20.9 Å². The fourth-order valence-electron chi connectivity index (χ4n) is 2.89. The number of hydrogen-bond acceptors (Lipinski definition) is 4. The Kier molecular flexibility index (Phi) is 7.43. The summed E-state index contributed by atoms with van der Waals surface area (Å²) in [6.45, 7) is 8.74. The average molecular weight is 419 g/mol. The molecule has 2 rings (SSSR count). The number of ether oxygens (including phenoxy) is 1. The smallest absolute Gasteiger partial charge is 0.238 e. The van der Waals surface area contributed by atoms with Gasteiger partial charge in [-0.25, -0.2) is 13.6 Å².